The Kier molecular flexibility index (Phi) is 6.21. The van der Waals surface area contributed by atoms with Gasteiger partial charge in [0.2, 0.25) is 0 Å². The van der Waals surface area contributed by atoms with E-state index in [1.165, 1.54) is 17.8 Å². The number of aliphatic hydroxyl groups excluding tert-OH is 1. The maximum Gasteiger partial charge on any atom is 0.490 e. The van der Waals surface area contributed by atoms with Gasteiger partial charge in [-0.15, -0.1) is 0 Å². The van der Waals surface area contributed by atoms with Crippen molar-refractivity contribution in [2.45, 2.75) is 25.5 Å². The summed E-state index contributed by atoms with van der Waals surface area (Å²) in [5, 5.41) is 10.3. The number of aromatic nitrogens is 4. The number of phosphoric acid groups is 3. The molecule has 0 amide bonds. The number of nitrogen functional groups attached to an aromatic ring is 1. The Morgan fingerprint density at radius 3 is 2.40 bits per heavy atom. The predicted molar refractivity (Wildman–Crippen MR) is 93.8 cm³/mol. The number of imidazole rings is 1. The standard InChI is InChI=1S/C10H16N5O12P3/c1-4-6(16)10(25-29(20,21)27-30(22,23)26-28(17,18)19)24-9(4)15-3-14-5-7(11)12-2-13-8(5)15/h2-4,6,9-10,16H,1H3,(H,20,21)(H,22,23)(H2,11,12,13)(H2,17,18,19). The lowest BCUT2D eigenvalue weighted by molar-refractivity contribution is -0.133. The first-order valence-corrected chi connectivity index (χ1v) is 12.3. The Bertz CT molecular complexity index is 1090. The molecule has 0 radical (unpaired) electrons. The molecule has 0 aromatic carbocycles. The molecule has 1 fully saturated rings. The van der Waals surface area contributed by atoms with Crippen LogP contribution in [0.4, 0.5) is 5.82 Å². The maximum atomic E-state index is 12.0. The third-order valence-corrected chi connectivity index (χ3v) is 7.66. The third-order valence-electron chi connectivity index (χ3n) is 3.86. The minimum Gasteiger partial charge on any atom is -0.387 e. The Balaban J connectivity index is 1.78. The number of phosphoric ester groups is 1. The van der Waals surface area contributed by atoms with Crippen molar-refractivity contribution in [2.75, 3.05) is 5.73 Å². The molecule has 0 spiro atoms. The summed E-state index contributed by atoms with van der Waals surface area (Å²) in [7, 11) is -16.8. The van der Waals surface area contributed by atoms with Gasteiger partial charge < -0.3 is 35.2 Å². The fourth-order valence-corrected chi connectivity index (χ4v) is 5.75. The van der Waals surface area contributed by atoms with Crippen molar-refractivity contribution in [2.24, 2.45) is 5.92 Å². The van der Waals surface area contributed by atoms with E-state index in [4.69, 9.17) is 20.3 Å². The molecule has 1 aliphatic heterocycles. The van der Waals surface area contributed by atoms with Gasteiger partial charge in [-0.25, -0.2) is 28.6 Å². The van der Waals surface area contributed by atoms with Gasteiger partial charge in [-0.2, -0.15) is 8.62 Å². The zero-order valence-corrected chi connectivity index (χ0v) is 17.4. The van der Waals surface area contributed by atoms with Gasteiger partial charge in [0.1, 0.15) is 24.2 Å². The summed E-state index contributed by atoms with van der Waals surface area (Å²) < 4.78 is 52.6. The molecular formula is C10H16N5O12P3. The lowest BCUT2D eigenvalue weighted by Gasteiger charge is -2.20. The van der Waals surface area contributed by atoms with Crippen LogP contribution >= 0.6 is 23.5 Å². The molecule has 1 aliphatic rings. The summed E-state index contributed by atoms with van der Waals surface area (Å²) in [4.78, 5) is 47.7. The van der Waals surface area contributed by atoms with Crippen LogP contribution in [0, 0.1) is 5.92 Å². The van der Waals surface area contributed by atoms with Crippen LogP contribution in [0.15, 0.2) is 12.7 Å². The second-order valence-electron chi connectivity index (χ2n) is 6.02. The van der Waals surface area contributed by atoms with Crippen molar-refractivity contribution >= 4 is 40.4 Å². The van der Waals surface area contributed by atoms with Gasteiger partial charge in [-0.3, -0.25) is 9.09 Å². The molecule has 6 unspecified atom stereocenters. The molecule has 168 valence electrons. The first kappa shape index (κ1) is 23.3. The molecule has 0 aliphatic carbocycles. The molecule has 20 heteroatoms. The van der Waals surface area contributed by atoms with Gasteiger partial charge in [0.15, 0.2) is 17.8 Å². The first-order chi connectivity index (χ1) is 13.7. The second-order valence-corrected chi connectivity index (χ2v) is 10.4. The average molecular weight is 491 g/mol. The topological polar surface area (TPSA) is 259 Å². The molecule has 3 heterocycles. The Hall–Kier alpha value is -1.32. The van der Waals surface area contributed by atoms with Crippen LogP contribution in [-0.4, -0.2) is 56.6 Å². The molecule has 2 aromatic rings. The van der Waals surface area contributed by atoms with Crippen LogP contribution in [0.5, 0.6) is 0 Å². The summed E-state index contributed by atoms with van der Waals surface area (Å²) >= 11 is 0. The monoisotopic (exact) mass is 491 g/mol. The van der Waals surface area contributed by atoms with Gasteiger partial charge in [0.25, 0.3) is 0 Å². The molecule has 17 nitrogen and oxygen atoms in total. The summed E-state index contributed by atoms with van der Waals surface area (Å²) in [6, 6.07) is 0. The number of hydrogen-bond donors (Lipinski definition) is 6. The number of rotatable bonds is 7. The molecule has 0 bridgehead atoms. The number of anilines is 1. The van der Waals surface area contributed by atoms with E-state index in [1.54, 1.807) is 0 Å². The fraction of sp³-hybridized carbons (Fsp3) is 0.500. The number of hydrogen-bond acceptors (Lipinski definition) is 12. The summed E-state index contributed by atoms with van der Waals surface area (Å²) in [5.41, 5.74) is 6.16. The quantitative estimate of drug-likeness (QED) is 0.269. The van der Waals surface area contributed by atoms with Gasteiger partial charge in [0, 0.05) is 5.92 Å². The third kappa shape index (κ3) is 5.11. The molecule has 3 rings (SSSR count). The van der Waals surface area contributed by atoms with Crippen LogP contribution in [0.2, 0.25) is 0 Å². The van der Waals surface area contributed by atoms with E-state index in [1.807, 2.05) is 0 Å². The van der Waals surface area contributed by atoms with Crippen LogP contribution in [0.1, 0.15) is 13.2 Å². The minimum absolute atomic E-state index is 0.0785. The van der Waals surface area contributed by atoms with Crippen molar-refractivity contribution in [1.82, 2.24) is 19.5 Å². The molecule has 6 atom stereocenters. The van der Waals surface area contributed by atoms with Crippen molar-refractivity contribution < 1.29 is 56.3 Å². The van der Waals surface area contributed by atoms with E-state index in [0.29, 0.717) is 0 Å². The van der Waals surface area contributed by atoms with E-state index in [9.17, 15) is 28.6 Å². The van der Waals surface area contributed by atoms with Crippen molar-refractivity contribution in [3.05, 3.63) is 12.7 Å². The van der Waals surface area contributed by atoms with Crippen molar-refractivity contribution in [3.8, 4) is 0 Å². The molecule has 1 saturated heterocycles. The van der Waals surface area contributed by atoms with E-state index in [2.05, 4.69) is 28.1 Å². The average Bonchev–Trinajstić information content (AvgIpc) is 3.09. The van der Waals surface area contributed by atoms with Gasteiger partial charge in [-0.05, 0) is 0 Å². The smallest absolute Gasteiger partial charge is 0.387 e. The zero-order chi connectivity index (χ0) is 22.5. The van der Waals surface area contributed by atoms with E-state index >= 15 is 0 Å². The highest BCUT2D eigenvalue weighted by Gasteiger charge is 2.49. The lowest BCUT2D eigenvalue weighted by Crippen LogP contribution is -2.27. The predicted octanol–water partition coefficient (Wildman–Crippen LogP) is -0.396. The Morgan fingerprint density at radius 2 is 1.77 bits per heavy atom. The van der Waals surface area contributed by atoms with E-state index in [0.717, 1.165) is 6.33 Å². The zero-order valence-electron chi connectivity index (χ0n) is 14.8. The Labute approximate surface area is 166 Å². The normalized spacial score (nSPS) is 29.0. The highest BCUT2D eigenvalue weighted by molar-refractivity contribution is 7.66. The Morgan fingerprint density at radius 1 is 1.10 bits per heavy atom. The molecule has 30 heavy (non-hydrogen) atoms. The fourth-order valence-electron chi connectivity index (χ4n) is 2.65. The van der Waals surface area contributed by atoms with Gasteiger partial charge in [-0.1, -0.05) is 6.92 Å². The number of aliphatic hydroxyl groups is 1. The number of ether oxygens (including phenoxy) is 1. The molecule has 0 saturated carbocycles. The van der Waals surface area contributed by atoms with Gasteiger partial charge in [0.05, 0.1) is 6.33 Å². The highest BCUT2D eigenvalue weighted by Crippen LogP contribution is 2.67. The number of nitrogens with zero attached hydrogens (tertiary/aromatic N) is 4. The maximum absolute atomic E-state index is 12.0. The highest BCUT2D eigenvalue weighted by atomic mass is 31.3. The van der Waals surface area contributed by atoms with Crippen molar-refractivity contribution in [3.63, 3.8) is 0 Å². The first-order valence-electron chi connectivity index (χ1n) is 7.78. The molecule has 7 N–H and O–H groups in total. The number of fused-ring (bicyclic) bond motifs is 1. The summed E-state index contributed by atoms with van der Waals surface area (Å²) in [5.74, 6) is -0.703. The van der Waals surface area contributed by atoms with E-state index < -0.39 is 48.0 Å². The van der Waals surface area contributed by atoms with E-state index in [-0.39, 0.29) is 17.0 Å². The van der Waals surface area contributed by atoms with Crippen LogP contribution in [-0.2, 0) is 31.6 Å². The molecular weight excluding hydrogens is 475 g/mol. The molecule has 2 aromatic heterocycles. The SMILES string of the molecule is CC1C(O)C(OP(=O)(O)OP(=O)(O)OP(=O)(O)O)OC1n1cnc2c(N)ncnc21. The van der Waals surface area contributed by atoms with Crippen LogP contribution in [0.25, 0.3) is 11.2 Å². The van der Waals surface area contributed by atoms with Gasteiger partial charge >= 0.3 is 23.5 Å². The largest absolute Gasteiger partial charge is 0.490 e. The van der Waals surface area contributed by atoms with Crippen LogP contribution < -0.4 is 5.73 Å². The minimum atomic E-state index is -5.71. The van der Waals surface area contributed by atoms with Crippen LogP contribution in [0.3, 0.4) is 0 Å². The van der Waals surface area contributed by atoms with Crippen molar-refractivity contribution in [1.29, 1.82) is 0 Å². The summed E-state index contributed by atoms with van der Waals surface area (Å²) in [6.07, 6.45) is -1.99. The summed E-state index contributed by atoms with van der Waals surface area (Å²) in [6.45, 7) is 1.49. The number of nitrogens with two attached hydrogens (primary N) is 1. The second kappa shape index (κ2) is 7.98. The lowest BCUT2D eigenvalue weighted by atomic mass is 10.1.